The third-order valence-corrected chi connectivity index (χ3v) is 7.14. The van der Waals surface area contributed by atoms with Crippen LogP contribution in [0.25, 0.3) is 0 Å². The lowest BCUT2D eigenvalue weighted by atomic mass is 9.97. The van der Waals surface area contributed by atoms with Crippen LogP contribution >= 0.6 is 0 Å². The van der Waals surface area contributed by atoms with E-state index in [9.17, 15) is 22.4 Å². The van der Waals surface area contributed by atoms with E-state index in [1.54, 1.807) is 24.3 Å². The molecule has 1 aliphatic rings. The normalized spacial score (nSPS) is 15.3. The first-order valence-corrected chi connectivity index (χ1v) is 12.2. The van der Waals surface area contributed by atoms with Crippen molar-refractivity contribution >= 4 is 33.4 Å². The van der Waals surface area contributed by atoms with Gasteiger partial charge >= 0.3 is 6.09 Å². The average molecular weight is 478 g/mol. The van der Waals surface area contributed by atoms with Gasteiger partial charge in [-0.15, -0.1) is 0 Å². The Morgan fingerprint density at radius 2 is 1.70 bits per heavy atom. The Kier molecular flexibility index (Phi) is 8.04. The van der Waals surface area contributed by atoms with E-state index in [0.717, 1.165) is 6.07 Å². The number of amides is 2. The summed E-state index contributed by atoms with van der Waals surface area (Å²) < 4.78 is 45.7. The highest BCUT2D eigenvalue weighted by atomic mass is 32.2. The molecule has 0 spiro atoms. The van der Waals surface area contributed by atoms with Gasteiger partial charge in [0.25, 0.3) is 0 Å². The Hall–Kier alpha value is -2.98. The minimum Gasteiger partial charge on any atom is -0.449 e. The maximum Gasteiger partial charge on any atom is 0.411 e. The largest absolute Gasteiger partial charge is 0.449 e. The minimum absolute atomic E-state index is 0.123. The van der Waals surface area contributed by atoms with Gasteiger partial charge < -0.3 is 10.1 Å². The number of halogens is 1. The van der Waals surface area contributed by atoms with Crippen LogP contribution in [0.3, 0.4) is 0 Å². The number of rotatable bonds is 7. The zero-order valence-electron chi connectivity index (χ0n) is 18.6. The van der Waals surface area contributed by atoms with Crippen LogP contribution in [0.2, 0.25) is 0 Å². The van der Waals surface area contributed by atoms with Crippen LogP contribution < -0.4 is 10.6 Å². The summed E-state index contributed by atoms with van der Waals surface area (Å²) in [6.45, 7) is 4.41. The molecule has 3 rings (SSSR count). The summed E-state index contributed by atoms with van der Waals surface area (Å²) in [5.74, 6) is -1.20. The summed E-state index contributed by atoms with van der Waals surface area (Å²) in [7, 11) is -3.95. The van der Waals surface area contributed by atoms with Gasteiger partial charge in [-0.1, -0.05) is 32.0 Å². The van der Waals surface area contributed by atoms with E-state index in [0.29, 0.717) is 30.8 Å². The van der Waals surface area contributed by atoms with Crippen molar-refractivity contribution in [1.29, 1.82) is 0 Å². The van der Waals surface area contributed by atoms with Gasteiger partial charge in [-0.25, -0.2) is 17.6 Å². The lowest BCUT2D eigenvalue weighted by Gasteiger charge is -2.30. The summed E-state index contributed by atoms with van der Waals surface area (Å²) in [5.41, 5.74) is 0.982. The molecule has 0 saturated carbocycles. The second-order valence-electron chi connectivity index (χ2n) is 8.30. The van der Waals surface area contributed by atoms with Gasteiger partial charge in [0.05, 0.1) is 6.61 Å². The molecular formula is C23H28FN3O5S. The van der Waals surface area contributed by atoms with Gasteiger partial charge in [0.15, 0.2) is 0 Å². The van der Waals surface area contributed by atoms with E-state index in [4.69, 9.17) is 4.74 Å². The summed E-state index contributed by atoms with van der Waals surface area (Å²) in [6, 6.07) is 11.9. The predicted octanol–water partition coefficient (Wildman–Crippen LogP) is 4.07. The Morgan fingerprint density at radius 3 is 2.33 bits per heavy atom. The first-order chi connectivity index (χ1) is 15.7. The van der Waals surface area contributed by atoms with Gasteiger partial charge in [-0.3, -0.25) is 10.1 Å². The number of carbonyl (C=O) groups is 2. The number of sulfonamides is 1. The highest BCUT2D eigenvalue weighted by Gasteiger charge is 2.33. The first kappa shape index (κ1) is 24.7. The number of anilines is 2. The van der Waals surface area contributed by atoms with E-state index in [1.165, 1.54) is 22.5 Å². The van der Waals surface area contributed by atoms with E-state index in [2.05, 4.69) is 10.6 Å². The van der Waals surface area contributed by atoms with E-state index in [1.807, 2.05) is 13.8 Å². The fourth-order valence-electron chi connectivity index (χ4n) is 3.47. The van der Waals surface area contributed by atoms with E-state index < -0.39 is 21.9 Å². The number of ether oxygens (including phenoxy) is 1. The summed E-state index contributed by atoms with van der Waals surface area (Å²) in [6.07, 6.45) is 0.0634. The summed E-state index contributed by atoms with van der Waals surface area (Å²) in [5, 5.41) is 5.43. The average Bonchev–Trinajstić information content (AvgIpc) is 2.78. The number of nitrogens with zero attached hydrogens (tertiary/aromatic N) is 1. The van der Waals surface area contributed by atoms with Crippen molar-refractivity contribution in [2.24, 2.45) is 11.8 Å². The quantitative estimate of drug-likeness (QED) is 0.626. The van der Waals surface area contributed by atoms with Crippen LogP contribution in [0.4, 0.5) is 20.6 Å². The molecule has 2 N–H and O–H groups in total. The monoisotopic (exact) mass is 477 g/mol. The maximum atomic E-state index is 14.0. The van der Waals surface area contributed by atoms with E-state index >= 15 is 0 Å². The number of hydrogen-bond acceptors (Lipinski definition) is 5. The molecule has 0 unspecified atom stereocenters. The zero-order chi connectivity index (χ0) is 24.0. The molecule has 2 aromatic rings. The van der Waals surface area contributed by atoms with Crippen LogP contribution in [-0.2, 0) is 19.6 Å². The Morgan fingerprint density at radius 1 is 1.06 bits per heavy atom. The van der Waals surface area contributed by atoms with E-state index in [-0.39, 0.29) is 35.7 Å². The van der Waals surface area contributed by atoms with Gasteiger partial charge in [0.2, 0.25) is 15.9 Å². The molecule has 1 aliphatic heterocycles. The molecule has 0 aliphatic carbocycles. The predicted molar refractivity (Wildman–Crippen MR) is 123 cm³/mol. The highest BCUT2D eigenvalue weighted by Crippen LogP contribution is 2.26. The Bertz CT molecular complexity index is 1100. The van der Waals surface area contributed by atoms with Crippen molar-refractivity contribution in [1.82, 2.24) is 4.31 Å². The van der Waals surface area contributed by atoms with Crippen molar-refractivity contribution < 1.29 is 27.1 Å². The van der Waals surface area contributed by atoms with Gasteiger partial charge in [0, 0.05) is 30.4 Å². The number of carbonyl (C=O) groups excluding carboxylic acids is 2. The second-order valence-corrected chi connectivity index (χ2v) is 10.2. The van der Waals surface area contributed by atoms with Crippen LogP contribution in [0, 0.1) is 17.7 Å². The molecule has 1 fully saturated rings. The van der Waals surface area contributed by atoms with Crippen molar-refractivity contribution in [2.75, 3.05) is 30.3 Å². The molecule has 1 saturated heterocycles. The van der Waals surface area contributed by atoms with Crippen LogP contribution in [0.1, 0.15) is 26.7 Å². The number of nitrogens with one attached hydrogen (secondary N) is 2. The molecule has 10 heteroatoms. The van der Waals surface area contributed by atoms with Crippen LogP contribution in [0.5, 0.6) is 0 Å². The summed E-state index contributed by atoms with van der Waals surface area (Å²) >= 11 is 0. The minimum atomic E-state index is -3.95. The number of benzene rings is 2. The highest BCUT2D eigenvalue weighted by molar-refractivity contribution is 7.89. The summed E-state index contributed by atoms with van der Waals surface area (Å²) in [4.78, 5) is 24.2. The lowest BCUT2D eigenvalue weighted by Crippen LogP contribution is -2.41. The molecule has 0 bridgehead atoms. The second kappa shape index (κ2) is 10.8. The molecule has 1 heterocycles. The smallest absolute Gasteiger partial charge is 0.411 e. The molecule has 2 amide bonds. The van der Waals surface area contributed by atoms with Crippen molar-refractivity contribution in [2.45, 2.75) is 31.6 Å². The molecule has 0 aromatic heterocycles. The third kappa shape index (κ3) is 6.52. The Labute approximate surface area is 193 Å². The third-order valence-electron chi connectivity index (χ3n) is 5.20. The van der Waals surface area contributed by atoms with Crippen molar-refractivity contribution in [3.63, 3.8) is 0 Å². The zero-order valence-corrected chi connectivity index (χ0v) is 19.4. The fraction of sp³-hybridized carbons (Fsp3) is 0.391. The maximum absolute atomic E-state index is 14.0. The standard InChI is InChI=1S/C23H28FN3O5S/c1-16(2)15-32-23(29)26-19-7-5-6-18(14-19)25-22(28)17-10-12-27(13-11-17)33(30,31)21-9-4-3-8-20(21)24/h3-9,14,16-17H,10-13,15H2,1-2H3,(H,25,28)(H,26,29). The van der Waals surface area contributed by atoms with Gasteiger partial charge in [-0.2, -0.15) is 4.31 Å². The SMILES string of the molecule is CC(C)COC(=O)Nc1cccc(NC(=O)C2CCN(S(=O)(=O)c3ccccc3F)CC2)c1. The van der Waals surface area contributed by atoms with Crippen LogP contribution in [0.15, 0.2) is 53.4 Å². The van der Waals surface area contributed by atoms with Gasteiger partial charge in [-0.05, 0) is 49.1 Å². The molecular weight excluding hydrogens is 449 g/mol. The molecule has 0 radical (unpaired) electrons. The van der Waals surface area contributed by atoms with Crippen LogP contribution in [-0.4, -0.2) is 44.4 Å². The molecule has 178 valence electrons. The van der Waals surface area contributed by atoms with Crippen molar-refractivity contribution in [3.05, 3.63) is 54.3 Å². The topological polar surface area (TPSA) is 105 Å². The first-order valence-electron chi connectivity index (χ1n) is 10.8. The van der Waals surface area contributed by atoms with Crippen molar-refractivity contribution in [3.8, 4) is 0 Å². The number of hydrogen-bond donors (Lipinski definition) is 2. The lowest BCUT2D eigenvalue weighted by molar-refractivity contribution is -0.120. The van der Waals surface area contributed by atoms with Gasteiger partial charge in [0.1, 0.15) is 10.7 Å². The molecule has 8 nitrogen and oxygen atoms in total. The molecule has 0 atom stereocenters. The molecule has 33 heavy (non-hydrogen) atoms. The molecule has 2 aromatic carbocycles. The Balaban J connectivity index is 1.55. The number of piperidine rings is 1. The fourth-order valence-corrected chi connectivity index (χ4v) is 5.00.